The molecule has 1 saturated carbocycles. The van der Waals surface area contributed by atoms with Gasteiger partial charge in [-0.25, -0.2) is 9.37 Å². The molecule has 0 atom stereocenters. The summed E-state index contributed by atoms with van der Waals surface area (Å²) in [5, 5.41) is 0. The summed E-state index contributed by atoms with van der Waals surface area (Å²) >= 11 is 0. The van der Waals surface area contributed by atoms with Gasteiger partial charge in [0.25, 0.3) is 5.91 Å². The van der Waals surface area contributed by atoms with Crippen molar-refractivity contribution in [2.75, 3.05) is 38.5 Å². The first-order chi connectivity index (χ1) is 16.5. The minimum absolute atomic E-state index is 0.125. The SMILES string of the molecule is CCc1nccc(-c2ccc(C(=O)N3CCN(CC4CC4)CC3)c(F)c2)c1-c1ccc(N)nc1. The van der Waals surface area contributed by atoms with Gasteiger partial charge in [0, 0.05) is 61.9 Å². The Bertz CT molecular complexity index is 1180. The fraction of sp³-hybridized carbons (Fsp3) is 0.370. The number of aromatic nitrogens is 2. The Labute approximate surface area is 199 Å². The van der Waals surface area contributed by atoms with E-state index in [0.29, 0.717) is 24.5 Å². The van der Waals surface area contributed by atoms with Crippen molar-refractivity contribution < 1.29 is 9.18 Å². The van der Waals surface area contributed by atoms with Crippen LogP contribution in [0, 0.1) is 11.7 Å². The lowest BCUT2D eigenvalue weighted by Gasteiger charge is -2.34. The summed E-state index contributed by atoms with van der Waals surface area (Å²) in [4.78, 5) is 26.0. The van der Waals surface area contributed by atoms with Crippen LogP contribution in [0.4, 0.5) is 10.2 Å². The maximum Gasteiger partial charge on any atom is 0.256 e. The van der Waals surface area contributed by atoms with Crippen LogP contribution in [-0.2, 0) is 6.42 Å². The van der Waals surface area contributed by atoms with Crippen LogP contribution in [0.25, 0.3) is 22.3 Å². The molecule has 34 heavy (non-hydrogen) atoms. The number of amides is 1. The van der Waals surface area contributed by atoms with Crippen molar-refractivity contribution in [2.24, 2.45) is 5.92 Å². The topological polar surface area (TPSA) is 75.4 Å². The maximum atomic E-state index is 15.3. The second kappa shape index (κ2) is 9.50. The quantitative estimate of drug-likeness (QED) is 0.596. The van der Waals surface area contributed by atoms with Crippen LogP contribution in [0.5, 0.6) is 0 Å². The van der Waals surface area contributed by atoms with Crippen LogP contribution in [-0.4, -0.2) is 58.4 Å². The van der Waals surface area contributed by atoms with Crippen molar-refractivity contribution in [3.63, 3.8) is 0 Å². The third-order valence-electron chi connectivity index (χ3n) is 6.82. The summed E-state index contributed by atoms with van der Waals surface area (Å²) in [6.07, 6.45) is 6.82. The molecule has 0 spiro atoms. The van der Waals surface area contributed by atoms with Crippen LogP contribution in [0.1, 0.15) is 35.8 Å². The highest BCUT2D eigenvalue weighted by atomic mass is 19.1. The van der Waals surface area contributed by atoms with E-state index in [2.05, 4.69) is 14.9 Å². The number of nitrogen functional groups attached to an aromatic ring is 1. The smallest absolute Gasteiger partial charge is 0.256 e. The number of pyridine rings is 2. The van der Waals surface area contributed by atoms with E-state index in [1.807, 2.05) is 25.1 Å². The number of benzene rings is 1. The zero-order chi connectivity index (χ0) is 23.7. The monoisotopic (exact) mass is 459 g/mol. The number of aryl methyl sites for hydroxylation is 1. The molecule has 1 aliphatic carbocycles. The van der Waals surface area contributed by atoms with E-state index in [1.165, 1.54) is 18.9 Å². The Balaban J connectivity index is 1.40. The Morgan fingerprint density at radius 2 is 1.82 bits per heavy atom. The standard InChI is InChI=1S/C27H30FN5O/c1-2-24-26(20-6-8-25(29)31-16-20)21(9-10-30-24)19-5-7-22(23(28)15-19)27(34)33-13-11-32(12-14-33)17-18-3-4-18/h5-10,15-16,18H,2-4,11-14,17H2,1H3,(H2,29,31). The summed E-state index contributed by atoms with van der Waals surface area (Å²) in [5.41, 5.74) is 10.1. The van der Waals surface area contributed by atoms with Crippen molar-refractivity contribution in [2.45, 2.75) is 26.2 Å². The van der Waals surface area contributed by atoms with Crippen molar-refractivity contribution in [3.05, 3.63) is 65.9 Å². The lowest BCUT2D eigenvalue weighted by molar-refractivity contribution is 0.0627. The number of anilines is 1. The molecule has 3 heterocycles. The van der Waals surface area contributed by atoms with Gasteiger partial charge in [0.15, 0.2) is 0 Å². The summed E-state index contributed by atoms with van der Waals surface area (Å²) in [7, 11) is 0. The number of hydrogen-bond acceptors (Lipinski definition) is 5. The van der Waals surface area contributed by atoms with E-state index in [4.69, 9.17) is 5.73 Å². The zero-order valence-electron chi connectivity index (χ0n) is 19.5. The fourth-order valence-corrected chi connectivity index (χ4v) is 4.71. The summed E-state index contributed by atoms with van der Waals surface area (Å²) in [5.74, 6) is 0.540. The number of hydrogen-bond donors (Lipinski definition) is 1. The number of piperazine rings is 1. The van der Waals surface area contributed by atoms with E-state index in [1.54, 1.807) is 29.4 Å². The molecule has 5 rings (SSSR count). The van der Waals surface area contributed by atoms with Crippen LogP contribution in [0.15, 0.2) is 48.8 Å². The molecule has 0 unspecified atom stereocenters. The summed E-state index contributed by atoms with van der Waals surface area (Å²) < 4.78 is 15.3. The van der Waals surface area contributed by atoms with Gasteiger partial charge in [-0.05, 0) is 66.6 Å². The van der Waals surface area contributed by atoms with Crippen LogP contribution < -0.4 is 5.73 Å². The number of nitrogens with zero attached hydrogens (tertiary/aromatic N) is 4. The molecule has 2 fully saturated rings. The molecule has 6 nitrogen and oxygen atoms in total. The first kappa shape index (κ1) is 22.5. The number of carbonyl (C=O) groups is 1. The highest BCUT2D eigenvalue weighted by Gasteiger charge is 2.29. The molecule has 3 aromatic rings. The molecule has 1 aliphatic heterocycles. The average molecular weight is 460 g/mol. The fourth-order valence-electron chi connectivity index (χ4n) is 4.71. The third kappa shape index (κ3) is 4.66. The number of halogens is 1. The first-order valence-corrected chi connectivity index (χ1v) is 12.0. The minimum Gasteiger partial charge on any atom is -0.384 e. The molecule has 7 heteroatoms. The predicted molar refractivity (Wildman–Crippen MR) is 132 cm³/mol. The van der Waals surface area contributed by atoms with E-state index in [0.717, 1.165) is 54.4 Å². The molecular formula is C27H30FN5O. The van der Waals surface area contributed by atoms with Gasteiger partial charge in [0.05, 0.1) is 5.56 Å². The van der Waals surface area contributed by atoms with Gasteiger partial charge in [-0.15, -0.1) is 0 Å². The van der Waals surface area contributed by atoms with Crippen molar-refractivity contribution in [1.82, 2.24) is 19.8 Å². The van der Waals surface area contributed by atoms with Gasteiger partial charge in [-0.2, -0.15) is 0 Å². The molecule has 2 aromatic heterocycles. The van der Waals surface area contributed by atoms with Crippen LogP contribution in [0.3, 0.4) is 0 Å². The Hall–Kier alpha value is -3.32. The number of rotatable bonds is 6. The predicted octanol–water partition coefficient (Wildman–Crippen LogP) is 4.26. The lowest BCUT2D eigenvalue weighted by atomic mass is 9.93. The molecule has 0 bridgehead atoms. The zero-order valence-corrected chi connectivity index (χ0v) is 19.5. The molecular weight excluding hydrogens is 429 g/mol. The Morgan fingerprint density at radius 1 is 1.06 bits per heavy atom. The van der Waals surface area contributed by atoms with E-state index in [9.17, 15) is 4.79 Å². The molecule has 0 radical (unpaired) electrons. The van der Waals surface area contributed by atoms with E-state index < -0.39 is 5.82 Å². The second-order valence-electron chi connectivity index (χ2n) is 9.24. The maximum absolute atomic E-state index is 15.3. The van der Waals surface area contributed by atoms with E-state index in [-0.39, 0.29) is 11.5 Å². The van der Waals surface area contributed by atoms with Crippen LogP contribution in [0.2, 0.25) is 0 Å². The third-order valence-corrected chi connectivity index (χ3v) is 6.82. The Kier molecular flexibility index (Phi) is 6.28. The van der Waals surface area contributed by atoms with Crippen LogP contribution >= 0.6 is 0 Å². The molecule has 1 saturated heterocycles. The van der Waals surface area contributed by atoms with Gasteiger partial charge in [0.1, 0.15) is 11.6 Å². The van der Waals surface area contributed by atoms with E-state index >= 15 is 4.39 Å². The first-order valence-electron chi connectivity index (χ1n) is 12.0. The second-order valence-corrected chi connectivity index (χ2v) is 9.24. The molecule has 1 aromatic carbocycles. The van der Waals surface area contributed by atoms with Gasteiger partial charge < -0.3 is 10.6 Å². The number of carbonyl (C=O) groups excluding carboxylic acids is 1. The van der Waals surface area contributed by atoms with Gasteiger partial charge >= 0.3 is 0 Å². The highest BCUT2D eigenvalue weighted by Crippen LogP contribution is 2.35. The Morgan fingerprint density at radius 3 is 2.47 bits per heavy atom. The summed E-state index contributed by atoms with van der Waals surface area (Å²) in [6, 6.07) is 10.4. The van der Waals surface area contributed by atoms with Gasteiger partial charge in [-0.3, -0.25) is 14.7 Å². The largest absolute Gasteiger partial charge is 0.384 e. The normalized spacial score (nSPS) is 16.6. The van der Waals surface area contributed by atoms with Crippen molar-refractivity contribution >= 4 is 11.7 Å². The van der Waals surface area contributed by atoms with Gasteiger partial charge in [-0.1, -0.05) is 13.0 Å². The molecule has 176 valence electrons. The number of nitrogens with two attached hydrogens (primary N) is 1. The molecule has 2 N–H and O–H groups in total. The molecule has 1 amide bonds. The summed E-state index contributed by atoms with van der Waals surface area (Å²) in [6.45, 7) is 6.17. The van der Waals surface area contributed by atoms with Crippen molar-refractivity contribution in [3.8, 4) is 22.3 Å². The highest BCUT2D eigenvalue weighted by molar-refractivity contribution is 5.95. The van der Waals surface area contributed by atoms with Gasteiger partial charge in [0.2, 0.25) is 0 Å². The molecule has 2 aliphatic rings. The lowest BCUT2D eigenvalue weighted by Crippen LogP contribution is -2.49. The van der Waals surface area contributed by atoms with Crippen molar-refractivity contribution in [1.29, 1.82) is 0 Å². The minimum atomic E-state index is -0.501. The average Bonchev–Trinajstić information content (AvgIpc) is 3.68.